The minimum absolute atomic E-state index is 0.208. The lowest BCUT2D eigenvalue weighted by Gasteiger charge is -2.25. The van der Waals surface area contributed by atoms with E-state index in [9.17, 15) is 14.4 Å². The molecular weight excluding hydrogens is 198 g/mol. The fourth-order valence-electron chi connectivity index (χ4n) is 1.31. The van der Waals surface area contributed by atoms with Crippen molar-refractivity contribution >= 4 is 17.8 Å². The molecule has 15 heavy (non-hydrogen) atoms. The highest BCUT2D eigenvalue weighted by atomic mass is 16.6. The number of rotatable bonds is 0. The fraction of sp³-hybridized carbons (Fsp3) is 0.700. The minimum Gasteiger partial charge on any atom is -0.443 e. The predicted octanol–water partition coefficient (Wildman–Crippen LogP) is 1.11. The molecule has 1 saturated heterocycles. The smallest absolute Gasteiger partial charge is 0.417 e. The molecule has 0 radical (unpaired) electrons. The van der Waals surface area contributed by atoms with Gasteiger partial charge in [-0.1, -0.05) is 0 Å². The molecule has 1 rings (SSSR count). The van der Waals surface area contributed by atoms with Crippen LogP contribution in [0.15, 0.2) is 0 Å². The van der Waals surface area contributed by atoms with Gasteiger partial charge in [0.25, 0.3) is 0 Å². The molecule has 5 nitrogen and oxygen atoms in total. The van der Waals surface area contributed by atoms with Crippen LogP contribution in [-0.4, -0.2) is 34.3 Å². The molecule has 0 spiro atoms. The molecule has 1 fully saturated rings. The van der Waals surface area contributed by atoms with Crippen molar-refractivity contribution < 1.29 is 19.1 Å². The summed E-state index contributed by atoms with van der Waals surface area (Å²) >= 11 is 0. The highest BCUT2D eigenvalue weighted by molar-refractivity contribution is 6.13. The number of ketones is 1. The Balaban J connectivity index is 2.76. The molecule has 1 aliphatic rings. The maximum Gasteiger partial charge on any atom is 0.417 e. The second kappa shape index (κ2) is 3.64. The first-order valence-corrected chi connectivity index (χ1v) is 4.80. The topological polar surface area (TPSA) is 63.7 Å². The Morgan fingerprint density at radius 2 is 1.93 bits per heavy atom. The van der Waals surface area contributed by atoms with Gasteiger partial charge < -0.3 is 4.74 Å². The molecule has 1 aliphatic heterocycles. The monoisotopic (exact) mass is 213 g/mol. The Bertz CT molecular complexity index is 316. The first-order chi connectivity index (χ1) is 6.72. The van der Waals surface area contributed by atoms with Gasteiger partial charge in [-0.15, -0.1) is 0 Å². The lowest BCUT2D eigenvalue weighted by Crippen LogP contribution is -2.42. The van der Waals surface area contributed by atoms with E-state index in [1.807, 2.05) is 0 Å². The van der Waals surface area contributed by atoms with E-state index < -0.39 is 23.6 Å². The molecule has 0 aromatic heterocycles. The summed E-state index contributed by atoms with van der Waals surface area (Å²) in [7, 11) is 0. The van der Waals surface area contributed by atoms with Crippen LogP contribution in [0.4, 0.5) is 4.79 Å². The first-order valence-electron chi connectivity index (χ1n) is 4.80. The van der Waals surface area contributed by atoms with Crippen LogP contribution in [0.25, 0.3) is 0 Å². The number of nitrogens with zero attached hydrogens (tertiary/aromatic N) is 1. The summed E-state index contributed by atoms with van der Waals surface area (Å²) in [6.45, 7) is 6.64. The molecule has 1 heterocycles. The Labute approximate surface area is 88.4 Å². The van der Waals surface area contributed by atoms with Crippen molar-refractivity contribution in [3.63, 3.8) is 0 Å². The van der Waals surface area contributed by atoms with Crippen molar-refractivity contribution in [1.82, 2.24) is 4.90 Å². The molecule has 5 heteroatoms. The third-order valence-electron chi connectivity index (χ3n) is 2.04. The van der Waals surface area contributed by atoms with Crippen molar-refractivity contribution in [2.24, 2.45) is 0 Å². The summed E-state index contributed by atoms with van der Waals surface area (Å²) in [5.41, 5.74) is -0.664. The molecule has 0 aliphatic carbocycles. The lowest BCUT2D eigenvalue weighted by molar-refractivity contribution is -0.127. The Morgan fingerprint density at radius 3 is 2.27 bits per heavy atom. The molecular formula is C10H15NO4. The summed E-state index contributed by atoms with van der Waals surface area (Å²) in [5.74, 6) is -0.729. The van der Waals surface area contributed by atoms with Crippen molar-refractivity contribution in [3.05, 3.63) is 0 Å². The average Bonchev–Trinajstić information content (AvgIpc) is 2.22. The summed E-state index contributed by atoms with van der Waals surface area (Å²) in [5, 5.41) is 0. The van der Waals surface area contributed by atoms with E-state index in [4.69, 9.17) is 4.74 Å². The average molecular weight is 213 g/mol. The quantitative estimate of drug-likeness (QED) is 0.565. The summed E-state index contributed by atoms with van der Waals surface area (Å²) < 4.78 is 5.02. The normalized spacial score (nSPS) is 22.1. The Morgan fingerprint density at radius 1 is 1.40 bits per heavy atom. The molecule has 0 aromatic rings. The van der Waals surface area contributed by atoms with Crippen molar-refractivity contribution in [3.8, 4) is 0 Å². The highest BCUT2D eigenvalue weighted by Crippen LogP contribution is 2.18. The van der Waals surface area contributed by atoms with Crippen LogP contribution < -0.4 is 0 Å². The lowest BCUT2D eigenvalue weighted by atomic mass is 10.2. The number of ether oxygens (including phenoxy) is 1. The summed E-state index contributed by atoms with van der Waals surface area (Å²) in [6.07, 6.45) is -0.953. The van der Waals surface area contributed by atoms with Gasteiger partial charge in [-0.05, 0) is 27.7 Å². The number of amides is 2. The number of hydrogen-bond acceptors (Lipinski definition) is 4. The van der Waals surface area contributed by atoms with E-state index in [1.165, 1.54) is 6.92 Å². The van der Waals surface area contributed by atoms with Crippen molar-refractivity contribution in [2.75, 3.05) is 0 Å². The Kier molecular flexibility index (Phi) is 2.83. The van der Waals surface area contributed by atoms with Crippen LogP contribution >= 0.6 is 0 Å². The third kappa shape index (κ3) is 2.55. The number of likely N-dealkylation sites (tertiary alicyclic amines) is 1. The SMILES string of the molecule is C[C@@H]1C(=O)CC(=O)N1C(=O)OC(C)(C)C. The maximum atomic E-state index is 11.6. The van der Waals surface area contributed by atoms with E-state index >= 15 is 0 Å². The molecule has 84 valence electrons. The van der Waals surface area contributed by atoms with Crippen molar-refractivity contribution in [1.29, 1.82) is 0 Å². The predicted molar refractivity (Wildman–Crippen MR) is 52.2 cm³/mol. The highest BCUT2D eigenvalue weighted by Gasteiger charge is 2.41. The zero-order valence-electron chi connectivity index (χ0n) is 9.36. The molecule has 0 unspecified atom stereocenters. The zero-order chi connectivity index (χ0) is 11.8. The Hall–Kier alpha value is -1.39. The van der Waals surface area contributed by atoms with Crippen LogP contribution in [0.3, 0.4) is 0 Å². The molecule has 0 bridgehead atoms. The number of carbonyl (C=O) groups excluding carboxylic acids is 3. The van der Waals surface area contributed by atoms with E-state index in [2.05, 4.69) is 0 Å². The molecule has 0 aromatic carbocycles. The number of imide groups is 1. The second-order valence-electron chi connectivity index (χ2n) is 4.56. The minimum atomic E-state index is -0.745. The number of Topliss-reactive ketones (excluding diaryl/α,β-unsaturated/α-hetero) is 1. The van der Waals surface area contributed by atoms with E-state index in [1.54, 1.807) is 20.8 Å². The van der Waals surface area contributed by atoms with Gasteiger partial charge in [0.2, 0.25) is 5.91 Å². The van der Waals surface area contributed by atoms with Gasteiger partial charge in [0.15, 0.2) is 5.78 Å². The van der Waals surface area contributed by atoms with Crippen LogP contribution in [0, 0.1) is 0 Å². The van der Waals surface area contributed by atoms with Gasteiger partial charge in [-0.25, -0.2) is 9.69 Å². The van der Waals surface area contributed by atoms with Gasteiger partial charge in [-0.2, -0.15) is 0 Å². The first kappa shape index (κ1) is 11.7. The van der Waals surface area contributed by atoms with E-state index in [-0.39, 0.29) is 12.2 Å². The van der Waals surface area contributed by atoms with Crippen molar-refractivity contribution in [2.45, 2.75) is 45.8 Å². The van der Waals surface area contributed by atoms with Gasteiger partial charge in [-0.3, -0.25) is 9.59 Å². The third-order valence-corrected chi connectivity index (χ3v) is 2.04. The van der Waals surface area contributed by atoms with E-state index in [0.717, 1.165) is 4.90 Å². The molecule has 0 N–H and O–H groups in total. The zero-order valence-corrected chi connectivity index (χ0v) is 9.36. The van der Waals surface area contributed by atoms with Gasteiger partial charge >= 0.3 is 6.09 Å². The van der Waals surface area contributed by atoms with Crippen LogP contribution in [0.2, 0.25) is 0 Å². The molecule has 0 saturated carbocycles. The van der Waals surface area contributed by atoms with Crippen LogP contribution in [0.5, 0.6) is 0 Å². The van der Waals surface area contributed by atoms with Gasteiger partial charge in [0, 0.05) is 0 Å². The van der Waals surface area contributed by atoms with Crippen LogP contribution in [-0.2, 0) is 14.3 Å². The van der Waals surface area contributed by atoms with E-state index in [0.29, 0.717) is 0 Å². The number of hydrogen-bond donors (Lipinski definition) is 0. The molecule has 1 atom stereocenters. The standard InChI is InChI=1S/C10H15NO4/c1-6-7(12)5-8(13)11(6)9(14)15-10(2,3)4/h6H,5H2,1-4H3/t6-/m1/s1. The van der Waals surface area contributed by atoms with Crippen LogP contribution in [0.1, 0.15) is 34.1 Å². The molecule has 2 amide bonds. The summed E-state index contributed by atoms with van der Waals surface area (Å²) in [6, 6.07) is -0.702. The second-order valence-corrected chi connectivity index (χ2v) is 4.56. The summed E-state index contributed by atoms with van der Waals surface area (Å²) in [4.78, 5) is 35.0. The maximum absolute atomic E-state index is 11.6. The fourth-order valence-corrected chi connectivity index (χ4v) is 1.31. The number of carbonyl (C=O) groups is 3. The van der Waals surface area contributed by atoms with Gasteiger partial charge in [0.1, 0.15) is 5.60 Å². The van der Waals surface area contributed by atoms with Gasteiger partial charge in [0.05, 0.1) is 12.5 Å². The largest absolute Gasteiger partial charge is 0.443 e.